The van der Waals surface area contributed by atoms with Gasteiger partial charge in [-0.05, 0) is 6.92 Å². The number of ether oxygens (including phenoxy) is 2. The quantitative estimate of drug-likeness (QED) is 0.411. The predicted molar refractivity (Wildman–Crippen MR) is 52.7 cm³/mol. The SMILES string of the molecule is C=CC(=O)OC(C)(CO)OC(=O)C(=C)C. The molecule has 0 bridgehead atoms. The molecule has 0 rings (SSSR count). The van der Waals surface area contributed by atoms with Gasteiger partial charge in [-0.25, -0.2) is 9.59 Å². The number of aliphatic hydroxyl groups excluding tert-OH is 1. The summed E-state index contributed by atoms with van der Waals surface area (Å²) >= 11 is 0. The van der Waals surface area contributed by atoms with Crippen molar-refractivity contribution in [3.8, 4) is 0 Å². The molecule has 84 valence electrons. The van der Waals surface area contributed by atoms with Crippen LogP contribution in [0.25, 0.3) is 0 Å². The van der Waals surface area contributed by atoms with Gasteiger partial charge in [-0.3, -0.25) is 0 Å². The van der Waals surface area contributed by atoms with E-state index in [1.165, 1.54) is 13.8 Å². The minimum atomic E-state index is -1.71. The number of hydrogen-bond acceptors (Lipinski definition) is 5. The Morgan fingerprint density at radius 1 is 1.47 bits per heavy atom. The maximum Gasteiger partial charge on any atom is 0.336 e. The molecule has 5 nitrogen and oxygen atoms in total. The highest BCUT2D eigenvalue weighted by Gasteiger charge is 2.32. The first-order valence-corrected chi connectivity index (χ1v) is 4.20. The molecule has 0 amide bonds. The Bertz CT molecular complexity index is 294. The van der Waals surface area contributed by atoms with E-state index >= 15 is 0 Å². The average molecular weight is 214 g/mol. The lowest BCUT2D eigenvalue weighted by Gasteiger charge is -2.26. The summed E-state index contributed by atoms with van der Waals surface area (Å²) in [7, 11) is 0. The van der Waals surface area contributed by atoms with E-state index < -0.39 is 24.3 Å². The Labute approximate surface area is 88.0 Å². The zero-order chi connectivity index (χ0) is 12.1. The highest BCUT2D eigenvalue weighted by Crippen LogP contribution is 2.14. The van der Waals surface area contributed by atoms with Crippen molar-refractivity contribution in [3.63, 3.8) is 0 Å². The molecule has 0 aliphatic rings. The summed E-state index contributed by atoms with van der Waals surface area (Å²) in [5.41, 5.74) is 0.143. The summed E-state index contributed by atoms with van der Waals surface area (Å²) in [6, 6.07) is 0. The van der Waals surface area contributed by atoms with Gasteiger partial charge in [0.1, 0.15) is 6.61 Å². The summed E-state index contributed by atoms with van der Waals surface area (Å²) < 4.78 is 9.41. The van der Waals surface area contributed by atoms with Crippen LogP contribution in [0.2, 0.25) is 0 Å². The topological polar surface area (TPSA) is 72.8 Å². The van der Waals surface area contributed by atoms with Gasteiger partial charge in [0, 0.05) is 18.6 Å². The molecule has 0 aliphatic carbocycles. The molecule has 0 aliphatic heterocycles. The molecular weight excluding hydrogens is 200 g/mol. The highest BCUT2D eigenvalue weighted by molar-refractivity contribution is 5.87. The molecule has 0 fully saturated rings. The number of carbonyl (C=O) groups excluding carboxylic acids is 2. The first-order valence-electron chi connectivity index (χ1n) is 4.20. The van der Waals surface area contributed by atoms with Crippen LogP contribution in [-0.4, -0.2) is 29.4 Å². The van der Waals surface area contributed by atoms with Crippen LogP contribution >= 0.6 is 0 Å². The third-order valence-electron chi connectivity index (χ3n) is 1.43. The largest absolute Gasteiger partial charge is 0.417 e. The highest BCUT2D eigenvalue weighted by atomic mass is 16.7. The monoisotopic (exact) mass is 214 g/mol. The fourth-order valence-corrected chi connectivity index (χ4v) is 0.623. The molecule has 0 heterocycles. The van der Waals surface area contributed by atoms with Crippen LogP contribution in [0, 0.1) is 0 Å². The first-order chi connectivity index (χ1) is 6.84. The number of esters is 2. The van der Waals surface area contributed by atoms with Crippen molar-refractivity contribution in [2.45, 2.75) is 19.6 Å². The average Bonchev–Trinajstić information content (AvgIpc) is 2.17. The normalized spacial score (nSPS) is 13.5. The van der Waals surface area contributed by atoms with Crippen LogP contribution in [0.3, 0.4) is 0 Å². The molecule has 0 aromatic rings. The maximum atomic E-state index is 11.1. The standard InChI is InChI=1S/C10H14O5/c1-5-8(12)14-10(4,6-11)15-9(13)7(2)3/h5,11H,1-2,6H2,3-4H3. The lowest BCUT2D eigenvalue weighted by atomic mass is 10.3. The third kappa shape index (κ3) is 4.42. The minimum absolute atomic E-state index is 0.143. The zero-order valence-electron chi connectivity index (χ0n) is 8.78. The molecule has 1 atom stereocenters. The van der Waals surface area contributed by atoms with Crippen LogP contribution < -0.4 is 0 Å². The van der Waals surface area contributed by atoms with Crippen molar-refractivity contribution in [2.24, 2.45) is 0 Å². The van der Waals surface area contributed by atoms with Gasteiger partial charge in [-0.2, -0.15) is 0 Å². The molecule has 1 N–H and O–H groups in total. The summed E-state index contributed by atoms with van der Waals surface area (Å²) in [6.45, 7) is 8.59. The van der Waals surface area contributed by atoms with E-state index in [2.05, 4.69) is 17.9 Å². The van der Waals surface area contributed by atoms with E-state index in [9.17, 15) is 9.59 Å². The molecule has 0 saturated heterocycles. The molecule has 0 aromatic heterocycles. The Balaban J connectivity index is 4.56. The van der Waals surface area contributed by atoms with Gasteiger partial charge in [0.15, 0.2) is 0 Å². The van der Waals surface area contributed by atoms with Crippen LogP contribution in [0.1, 0.15) is 13.8 Å². The van der Waals surface area contributed by atoms with Gasteiger partial charge in [0.25, 0.3) is 5.79 Å². The van der Waals surface area contributed by atoms with Crippen LogP contribution in [0.5, 0.6) is 0 Å². The Morgan fingerprint density at radius 2 is 2.00 bits per heavy atom. The van der Waals surface area contributed by atoms with E-state index in [-0.39, 0.29) is 5.57 Å². The Kier molecular flexibility index (Phi) is 4.73. The van der Waals surface area contributed by atoms with Gasteiger partial charge < -0.3 is 14.6 Å². The van der Waals surface area contributed by atoms with E-state index in [0.717, 1.165) is 6.08 Å². The van der Waals surface area contributed by atoms with Gasteiger partial charge in [-0.15, -0.1) is 0 Å². The summed E-state index contributed by atoms with van der Waals surface area (Å²) in [6.07, 6.45) is 0.905. The fourth-order valence-electron chi connectivity index (χ4n) is 0.623. The smallest absolute Gasteiger partial charge is 0.336 e. The van der Waals surface area contributed by atoms with Crippen molar-refractivity contribution in [3.05, 3.63) is 24.8 Å². The molecule has 5 heteroatoms. The summed E-state index contributed by atoms with van der Waals surface area (Å²) in [5, 5.41) is 8.94. The van der Waals surface area contributed by atoms with Crippen molar-refractivity contribution < 1.29 is 24.2 Å². The molecule has 15 heavy (non-hydrogen) atoms. The maximum absolute atomic E-state index is 11.1. The van der Waals surface area contributed by atoms with E-state index in [4.69, 9.17) is 9.84 Å². The van der Waals surface area contributed by atoms with E-state index in [0.29, 0.717) is 0 Å². The fraction of sp³-hybridized carbons (Fsp3) is 0.400. The van der Waals surface area contributed by atoms with E-state index in [1.807, 2.05) is 0 Å². The second kappa shape index (κ2) is 5.31. The number of rotatable bonds is 5. The molecule has 0 spiro atoms. The van der Waals surface area contributed by atoms with Crippen molar-refractivity contribution >= 4 is 11.9 Å². The van der Waals surface area contributed by atoms with Gasteiger partial charge in [0.2, 0.25) is 0 Å². The number of carbonyl (C=O) groups is 2. The number of hydrogen-bond donors (Lipinski definition) is 1. The molecule has 1 unspecified atom stereocenters. The summed E-state index contributed by atoms with van der Waals surface area (Å²) in [5.74, 6) is -3.24. The minimum Gasteiger partial charge on any atom is -0.417 e. The van der Waals surface area contributed by atoms with Gasteiger partial charge >= 0.3 is 11.9 Å². The first kappa shape index (κ1) is 13.4. The second-order valence-corrected chi connectivity index (χ2v) is 3.09. The van der Waals surface area contributed by atoms with Crippen molar-refractivity contribution in [1.29, 1.82) is 0 Å². The number of aliphatic hydroxyl groups is 1. The van der Waals surface area contributed by atoms with Gasteiger partial charge in [-0.1, -0.05) is 13.2 Å². The molecule has 0 radical (unpaired) electrons. The lowest BCUT2D eigenvalue weighted by molar-refractivity contribution is -0.227. The van der Waals surface area contributed by atoms with Crippen LogP contribution in [0.15, 0.2) is 24.8 Å². The molecular formula is C10H14O5. The lowest BCUT2D eigenvalue weighted by Crippen LogP contribution is -2.40. The van der Waals surface area contributed by atoms with Gasteiger partial charge in [0.05, 0.1) is 0 Å². The summed E-state index contributed by atoms with van der Waals surface area (Å²) in [4.78, 5) is 22.0. The Morgan fingerprint density at radius 3 is 2.33 bits per heavy atom. The Hall–Kier alpha value is -1.62. The second-order valence-electron chi connectivity index (χ2n) is 3.09. The van der Waals surface area contributed by atoms with E-state index in [1.54, 1.807) is 0 Å². The van der Waals surface area contributed by atoms with Crippen molar-refractivity contribution in [2.75, 3.05) is 6.61 Å². The van der Waals surface area contributed by atoms with Crippen LogP contribution in [0.4, 0.5) is 0 Å². The molecule has 0 saturated carbocycles. The third-order valence-corrected chi connectivity index (χ3v) is 1.43. The predicted octanol–water partition coefficient (Wildman–Crippen LogP) is 0.543. The van der Waals surface area contributed by atoms with Crippen LogP contribution in [-0.2, 0) is 19.1 Å². The van der Waals surface area contributed by atoms with Crippen molar-refractivity contribution in [1.82, 2.24) is 0 Å². The zero-order valence-corrected chi connectivity index (χ0v) is 8.78. The molecule has 0 aromatic carbocycles.